The van der Waals surface area contributed by atoms with E-state index in [1.165, 1.54) is 12.8 Å². The molecule has 106 valence electrons. The van der Waals surface area contributed by atoms with Crippen LogP contribution in [0.2, 0.25) is 0 Å². The third kappa shape index (κ3) is 2.97. The number of carbonyl (C=O) groups excluding carboxylic acids is 1. The molecular weight excluding hydrogens is 240 g/mol. The Kier molecular flexibility index (Phi) is 4.24. The first-order valence-corrected chi connectivity index (χ1v) is 6.97. The van der Waals surface area contributed by atoms with Crippen LogP contribution in [-0.4, -0.2) is 58.7 Å². The van der Waals surface area contributed by atoms with Gasteiger partial charge in [0.15, 0.2) is 0 Å². The lowest BCUT2D eigenvalue weighted by molar-refractivity contribution is 0.0780. The average molecular weight is 264 g/mol. The van der Waals surface area contributed by atoms with Crippen LogP contribution in [0.15, 0.2) is 12.4 Å². The zero-order valence-corrected chi connectivity index (χ0v) is 12.3. The predicted molar refractivity (Wildman–Crippen MR) is 75.0 cm³/mol. The largest absolute Gasteiger partial charge is 0.337 e. The van der Waals surface area contributed by atoms with Gasteiger partial charge in [0.1, 0.15) is 0 Å². The number of rotatable bonds is 4. The van der Waals surface area contributed by atoms with Crippen LogP contribution >= 0.6 is 0 Å². The number of hydrogen-bond donors (Lipinski definition) is 0. The second kappa shape index (κ2) is 5.74. The number of aryl methyl sites for hydroxylation is 1. The molecule has 0 bridgehead atoms. The van der Waals surface area contributed by atoms with Crippen molar-refractivity contribution in [2.45, 2.75) is 25.8 Å². The van der Waals surface area contributed by atoms with Gasteiger partial charge in [0.2, 0.25) is 0 Å². The summed E-state index contributed by atoms with van der Waals surface area (Å²) < 4.78 is 1.68. The molecular formula is C14H24N4O. The Morgan fingerprint density at radius 2 is 2.21 bits per heavy atom. The van der Waals surface area contributed by atoms with Gasteiger partial charge >= 0.3 is 0 Å². The molecule has 1 aromatic rings. The van der Waals surface area contributed by atoms with Crippen LogP contribution in [0.1, 0.15) is 30.1 Å². The molecule has 0 aromatic carbocycles. The molecule has 2 atom stereocenters. The number of amides is 1. The first-order chi connectivity index (χ1) is 9.02. The maximum absolute atomic E-state index is 12.4. The Balaban J connectivity index is 2.08. The summed E-state index contributed by atoms with van der Waals surface area (Å²) in [5, 5.41) is 4.08. The molecule has 19 heavy (non-hydrogen) atoms. The fraction of sp³-hybridized carbons (Fsp3) is 0.714. The molecule has 2 heterocycles. The van der Waals surface area contributed by atoms with E-state index in [1.807, 2.05) is 11.9 Å². The van der Waals surface area contributed by atoms with E-state index in [9.17, 15) is 4.79 Å². The maximum Gasteiger partial charge on any atom is 0.257 e. The van der Waals surface area contributed by atoms with Crippen molar-refractivity contribution in [2.75, 3.05) is 27.2 Å². The summed E-state index contributed by atoms with van der Waals surface area (Å²) in [7, 11) is 6.04. The highest BCUT2D eigenvalue weighted by Gasteiger charge is 2.36. The van der Waals surface area contributed by atoms with Gasteiger partial charge in [-0.2, -0.15) is 5.10 Å². The zero-order chi connectivity index (χ0) is 14.0. The van der Waals surface area contributed by atoms with Crippen molar-refractivity contribution in [1.29, 1.82) is 0 Å². The van der Waals surface area contributed by atoms with Crippen LogP contribution in [0.25, 0.3) is 0 Å². The second-order valence-electron chi connectivity index (χ2n) is 5.69. The maximum atomic E-state index is 12.4. The standard InChI is InChI=1S/C14H24N4O/c1-5-6-11-9-18(10-13(11)16(2)3)14(19)12-7-15-17(4)8-12/h7-8,11,13H,5-6,9-10H2,1-4H3/t11-,13-/m1/s1. The van der Waals surface area contributed by atoms with E-state index < -0.39 is 0 Å². The van der Waals surface area contributed by atoms with E-state index in [2.05, 4.69) is 31.0 Å². The van der Waals surface area contributed by atoms with Crippen molar-refractivity contribution in [3.05, 3.63) is 18.0 Å². The third-order valence-corrected chi connectivity index (χ3v) is 3.97. The summed E-state index contributed by atoms with van der Waals surface area (Å²) in [6.07, 6.45) is 5.80. The Morgan fingerprint density at radius 1 is 1.47 bits per heavy atom. The molecule has 1 fully saturated rings. The second-order valence-corrected chi connectivity index (χ2v) is 5.69. The summed E-state index contributed by atoms with van der Waals surface area (Å²) in [4.78, 5) is 16.7. The lowest BCUT2D eigenvalue weighted by Gasteiger charge is -2.24. The molecule has 1 aliphatic heterocycles. The van der Waals surface area contributed by atoms with Gasteiger partial charge in [-0.05, 0) is 26.4 Å². The van der Waals surface area contributed by atoms with Crippen LogP contribution in [0, 0.1) is 5.92 Å². The molecule has 0 aliphatic carbocycles. The number of likely N-dealkylation sites (tertiary alicyclic amines) is 1. The van der Waals surface area contributed by atoms with E-state index in [1.54, 1.807) is 17.1 Å². The Morgan fingerprint density at radius 3 is 2.74 bits per heavy atom. The smallest absolute Gasteiger partial charge is 0.257 e. The van der Waals surface area contributed by atoms with Crippen molar-refractivity contribution >= 4 is 5.91 Å². The number of hydrogen-bond acceptors (Lipinski definition) is 3. The monoisotopic (exact) mass is 264 g/mol. The van der Waals surface area contributed by atoms with E-state index in [-0.39, 0.29) is 5.91 Å². The molecule has 0 N–H and O–H groups in total. The third-order valence-electron chi connectivity index (χ3n) is 3.97. The quantitative estimate of drug-likeness (QED) is 0.821. The van der Waals surface area contributed by atoms with Crippen LogP contribution in [0.5, 0.6) is 0 Å². The Bertz CT molecular complexity index is 440. The first kappa shape index (κ1) is 14.1. The van der Waals surface area contributed by atoms with E-state index in [0.717, 1.165) is 13.1 Å². The van der Waals surface area contributed by atoms with Crippen LogP contribution in [0.4, 0.5) is 0 Å². The van der Waals surface area contributed by atoms with Crippen molar-refractivity contribution in [2.24, 2.45) is 13.0 Å². The number of nitrogens with zero attached hydrogens (tertiary/aromatic N) is 4. The molecule has 0 radical (unpaired) electrons. The van der Waals surface area contributed by atoms with Crippen molar-refractivity contribution < 1.29 is 4.79 Å². The lowest BCUT2D eigenvalue weighted by atomic mass is 9.98. The highest BCUT2D eigenvalue weighted by Crippen LogP contribution is 2.25. The van der Waals surface area contributed by atoms with Gasteiger partial charge in [0.25, 0.3) is 5.91 Å². The Labute approximate surface area is 115 Å². The van der Waals surface area contributed by atoms with Gasteiger partial charge in [0, 0.05) is 32.4 Å². The average Bonchev–Trinajstić information content (AvgIpc) is 2.95. The minimum Gasteiger partial charge on any atom is -0.337 e. The van der Waals surface area contributed by atoms with E-state index in [4.69, 9.17) is 0 Å². The molecule has 1 amide bonds. The lowest BCUT2D eigenvalue weighted by Crippen LogP contribution is -2.36. The first-order valence-electron chi connectivity index (χ1n) is 6.97. The van der Waals surface area contributed by atoms with Crippen LogP contribution in [-0.2, 0) is 7.05 Å². The molecule has 0 unspecified atom stereocenters. The summed E-state index contributed by atoms with van der Waals surface area (Å²) in [6, 6.07) is 0.473. The number of likely N-dealkylation sites (N-methyl/N-ethyl adjacent to an activating group) is 1. The molecule has 1 saturated heterocycles. The summed E-state index contributed by atoms with van der Waals surface area (Å²) >= 11 is 0. The normalized spacial score (nSPS) is 23.3. The van der Waals surface area contributed by atoms with Gasteiger partial charge in [-0.25, -0.2) is 0 Å². The molecule has 0 saturated carbocycles. The Hall–Kier alpha value is -1.36. The van der Waals surface area contributed by atoms with Crippen molar-refractivity contribution in [1.82, 2.24) is 19.6 Å². The fourth-order valence-corrected chi connectivity index (χ4v) is 2.97. The summed E-state index contributed by atoms with van der Waals surface area (Å²) in [5.74, 6) is 0.694. The minimum absolute atomic E-state index is 0.110. The van der Waals surface area contributed by atoms with Gasteiger partial charge in [-0.15, -0.1) is 0 Å². The topological polar surface area (TPSA) is 41.4 Å². The van der Waals surface area contributed by atoms with E-state index in [0.29, 0.717) is 17.5 Å². The summed E-state index contributed by atoms with van der Waals surface area (Å²) in [6.45, 7) is 3.90. The number of carbonyl (C=O) groups is 1. The fourth-order valence-electron chi connectivity index (χ4n) is 2.97. The molecule has 5 heteroatoms. The minimum atomic E-state index is 0.110. The molecule has 2 rings (SSSR count). The SMILES string of the molecule is CCC[C@@H]1CN(C(=O)c2cnn(C)c2)C[C@H]1N(C)C. The highest BCUT2D eigenvalue weighted by molar-refractivity contribution is 5.94. The van der Waals surface area contributed by atoms with Gasteiger partial charge in [-0.3, -0.25) is 9.48 Å². The van der Waals surface area contributed by atoms with E-state index >= 15 is 0 Å². The number of aromatic nitrogens is 2. The summed E-state index contributed by atoms with van der Waals surface area (Å²) in [5.41, 5.74) is 0.692. The van der Waals surface area contributed by atoms with Crippen molar-refractivity contribution in [3.63, 3.8) is 0 Å². The highest BCUT2D eigenvalue weighted by atomic mass is 16.2. The molecule has 1 aliphatic rings. The zero-order valence-electron chi connectivity index (χ0n) is 12.3. The van der Waals surface area contributed by atoms with Gasteiger partial charge in [0.05, 0.1) is 11.8 Å². The molecule has 0 spiro atoms. The predicted octanol–water partition coefficient (Wildman–Crippen LogP) is 1.22. The molecule has 1 aromatic heterocycles. The van der Waals surface area contributed by atoms with Gasteiger partial charge in [-0.1, -0.05) is 13.3 Å². The van der Waals surface area contributed by atoms with Gasteiger partial charge < -0.3 is 9.80 Å². The van der Waals surface area contributed by atoms with Crippen LogP contribution < -0.4 is 0 Å². The molecule has 5 nitrogen and oxygen atoms in total. The van der Waals surface area contributed by atoms with Crippen molar-refractivity contribution in [3.8, 4) is 0 Å². The van der Waals surface area contributed by atoms with Crippen LogP contribution in [0.3, 0.4) is 0 Å².